The lowest BCUT2D eigenvalue weighted by Crippen LogP contribution is -2.37. The van der Waals surface area contributed by atoms with Gasteiger partial charge in [-0.15, -0.1) is 0 Å². The fraction of sp³-hybridized carbons (Fsp3) is 0.522. The molecule has 4 rings (SSSR count). The SMILES string of the molecule is NC(/C=C(\C=C\N=C1CSc2ncccc2N1)CN1CCOCC1)=NC1CCCCC1. The summed E-state index contributed by atoms with van der Waals surface area (Å²) in [5.74, 6) is 2.33. The van der Waals surface area contributed by atoms with Gasteiger partial charge in [0.05, 0.1) is 30.7 Å². The number of pyridine rings is 1. The van der Waals surface area contributed by atoms with Gasteiger partial charge >= 0.3 is 0 Å². The number of thioether (sulfide) groups is 1. The van der Waals surface area contributed by atoms with E-state index in [2.05, 4.69) is 26.3 Å². The maximum absolute atomic E-state index is 6.32. The largest absolute Gasteiger partial charge is 0.384 e. The molecule has 166 valence electrons. The van der Waals surface area contributed by atoms with E-state index in [1.165, 1.54) is 19.3 Å². The van der Waals surface area contributed by atoms with Gasteiger partial charge in [-0.3, -0.25) is 9.89 Å². The first-order chi connectivity index (χ1) is 15.3. The minimum absolute atomic E-state index is 0.371. The Hall–Kier alpha value is -2.16. The quantitative estimate of drug-likeness (QED) is 0.400. The monoisotopic (exact) mass is 440 g/mol. The van der Waals surface area contributed by atoms with Gasteiger partial charge in [-0.05, 0) is 42.7 Å². The molecule has 7 nitrogen and oxygen atoms in total. The summed E-state index contributed by atoms with van der Waals surface area (Å²) < 4.78 is 5.49. The molecule has 0 aromatic carbocycles. The number of rotatable bonds is 6. The van der Waals surface area contributed by atoms with E-state index >= 15 is 0 Å². The summed E-state index contributed by atoms with van der Waals surface area (Å²) in [4.78, 5) is 16.2. The number of morpholine rings is 1. The molecule has 0 spiro atoms. The maximum Gasteiger partial charge on any atom is 0.120 e. The molecule has 1 saturated heterocycles. The molecule has 0 amide bonds. The topological polar surface area (TPSA) is 88.1 Å². The Kier molecular flexibility index (Phi) is 8.15. The lowest BCUT2D eigenvalue weighted by molar-refractivity contribution is 0.0426. The highest BCUT2D eigenvalue weighted by Gasteiger charge is 2.15. The zero-order valence-corrected chi connectivity index (χ0v) is 18.8. The van der Waals surface area contributed by atoms with Crippen LogP contribution in [-0.4, -0.2) is 66.2 Å². The number of amidine groups is 2. The fourth-order valence-electron chi connectivity index (χ4n) is 4.03. The molecule has 1 aromatic rings. The van der Waals surface area contributed by atoms with E-state index in [1.807, 2.05) is 30.6 Å². The second-order valence-electron chi connectivity index (χ2n) is 8.11. The molecule has 0 atom stereocenters. The average Bonchev–Trinajstić information content (AvgIpc) is 2.80. The number of hydrogen-bond acceptors (Lipinski definition) is 6. The lowest BCUT2D eigenvalue weighted by Gasteiger charge is -2.27. The zero-order valence-electron chi connectivity index (χ0n) is 18.0. The van der Waals surface area contributed by atoms with Crippen LogP contribution >= 0.6 is 11.8 Å². The second-order valence-corrected chi connectivity index (χ2v) is 9.08. The Morgan fingerprint density at radius 3 is 2.97 bits per heavy atom. The smallest absolute Gasteiger partial charge is 0.120 e. The summed E-state index contributed by atoms with van der Waals surface area (Å²) in [7, 11) is 0. The van der Waals surface area contributed by atoms with Crippen molar-refractivity contribution in [1.29, 1.82) is 0 Å². The molecule has 31 heavy (non-hydrogen) atoms. The van der Waals surface area contributed by atoms with Crippen molar-refractivity contribution >= 4 is 29.1 Å². The summed E-state index contributed by atoms with van der Waals surface area (Å²) in [6.07, 6.45) is 13.9. The Morgan fingerprint density at radius 2 is 2.13 bits per heavy atom. The number of aromatic nitrogens is 1. The first-order valence-electron chi connectivity index (χ1n) is 11.2. The van der Waals surface area contributed by atoms with Crippen LogP contribution in [0, 0.1) is 0 Å². The van der Waals surface area contributed by atoms with E-state index in [-0.39, 0.29) is 0 Å². The molecule has 2 fully saturated rings. The van der Waals surface area contributed by atoms with Gasteiger partial charge in [0.25, 0.3) is 0 Å². The number of hydrogen-bond donors (Lipinski definition) is 2. The van der Waals surface area contributed by atoms with E-state index in [9.17, 15) is 0 Å². The first-order valence-corrected chi connectivity index (χ1v) is 12.2. The molecule has 1 aromatic heterocycles. The van der Waals surface area contributed by atoms with Crippen LogP contribution in [0.25, 0.3) is 0 Å². The molecular weight excluding hydrogens is 408 g/mol. The van der Waals surface area contributed by atoms with Gasteiger partial charge in [0, 0.05) is 32.0 Å². The summed E-state index contributed by atoms with van der Waals surface area (Å²) in [5, 5.41) is 4.39. The van der Waals surface area contributed by atoms with Crippen LogP contribution in [0.4, 0.5) is 5.69 Å². The van der Waals surface area contributed by atoms with Crippen molar-refractivity contribution in [3.8, 4) is 0 Å². The third kappa shape index (κ3) is 6.92. The number of fused-ring (bicyclic) bond motifs is 1. The Bertz CT molecular complexity index is 853. The highest BCUT2D eigenvalue weighted by molar-refractivity contribution is 8.00. The molecule has 8 heteroatoms. The number of anilines is 1. The van der Waals surface area contributed by atoms with Crippen LogP contribution < -0.4 is 11.1 Å². The number of ether oxygens (including phenoxy) is 1. The second kappa shape index (κ2) is 11.5. The molecule has 3 aliphatic rings. The predicted octanol–water partition coefficient (Wildman–Crippen LogP) is 3.46. The van der Waals surface area contributed by atoms with Crippen LogP contribution in [0.3, 0.4) is 0 Å². The van der Waals surface area contributed by atoms with Crippen molar-refractivity contribution in [2.75, 3.05) is 43.9 Å². The van der Waals surface area contributed by atoms with E-state index in [1.54, 1.807) is 11.8 Å². The minimum atomic E-state index is 0.371. The van der Waals surface area contributed by atoms with Crippen molar-refractivity contribution < 1.29 is 4.74 Å². The van der Waals surface area contributed by atoms with Gasteiger partial charge in [0.1, 0.15) is 16.7 Å². The molecule has 0 radical (unpaired) electrons. The molecule has 1 saturated carbocycles. The van der Waals surface area contributed by atoms with Crippen molar-refractivity contribution in [3.05, 3.63) is 42.3 Å². The van der Waals surface area contributed by atoms with Crippen molar-refractivity contribution in [2.45, 2.75) is 43.2 Å². The molecule has 3 heterocycles. The Labute approximate surface area is 189 Å². The van der Waals surface area contributed by atoms with Crippen LogP contribution in [0.5, 0.6) is 0 Å². The van der Waals surface area contributed by atoms with Gasteiger partial charge in [-0.2, -0.15) is 0 Å². The predicted molar refractivity (Wildman–Crippen MR) is 129 cm³/mol. The first kappa shape index (κ1) is 22.0. The number of aliphatic imine (C=N–C) groups is 2. The zero-order chi connectivity index (χ0) is 21.3. The third-order valence-corrected chi connectivity index (χ3v) is 6.68. The average molecular weight is 441 g/mol. The summed E-state index contributed by atoms with van der Waals surface area (Å²) >= 11 is 1.70. The van der Waals surface area contributed by atoms with Crippen LogP contribution in [0.15, 0.2) is 57.3 Å². The number of nitrogens with one attached hydrogen (secondary N) is 1. The summed E-state index contributed by atoms with van der Waals surface area (Å²) in [6, 6.07) is 4.33. The van der Waals surface area contributed by atoms with Crippen molar-refractivity contribution in [1.82, 2.24) is 9.88 Å². The normalized spacial score (nSPS) is 23.2. The van der Waals surface area contributed by atoms with Crippen molar-refractivity contribution in [2.24, 2.45) is 15.7 Å². The van der Waals surface area contributed by atoms with Gasteiger partial charge in [0.15, 0.2) is 0 Å². The summed E-state index contributed by atoms with van der Waals surface area (Å²) in [5.41, 5.74) is 8.45. The number of nitrogens with two attached hydrogens (primary N) is 1. The standard InChI is InChI=1S/C23H32N6OS/c24-21(27-19-5-2-1-3-6-19)15-18(16-29-11-13-30-14-12-29)8-10-25-22-17-31-23-20(28-22)7-4-9-26-23/h4,7-10,15,19H,1-3,5-6,11-14,16-17H2,(H2,24,27)(H,25,28)/b10-8+,18-15+. The van der Waals surface area contributed by atoms with Gasteiger partial charge in [-0.25, -0.2) is 9.98 Å². The molecule has 0 bridgehead atoms. The van der Waals surface area contributed by atoms with E-state index in [0.29, 0.717) is 11.9 Å². The summed E-state index contributed by atoms with van der Waals surface area (Å²) in [6.45, 7) is 4.24. The Balaban J connectivity index is 1.45. The van der Waals surface area contributed by atoms with Crippen LogP contribution in [-0.2, 0) is 4.74 Å². The van der Waals surface area contributed by atoms with Gasteiger partial charge in [-0.1, -0.05) is 31.0 Å². The Morgan fingerprint density at radius 1 is 1.29 bits per heavy atom. The highest BCUT2D eigenvalue weighted by atomic mass is 32.2. The molecule has 2 aliphatic heterocycles. The third-order valence-electron chi connectivity index (χ3n) is 5.66. The minimum Gasteiger partial charge on any atom is -0.384 e. The van der Waals surface area contributed by atoms with Crippen LogP contribution in [0.1, 0.15) is 32.1 Å². The van der Waals surface area contributed by atoms with E-state index in [4.69, 9.17) is 15.5 Å². The molecule has 3 N–H and O–H groups in total. The maximum atomic E-state index is 6.32. The van der Waals surface area contributed by atoms with E-state index < -0.39 is 0 Å². The van der Waals surface area contributed by atoms with E-state index in [0.717, 1.165) is 73.6 Å². The molecule has 1 aliphatic carbocycles. The molecular formula is C23H32N6OS. The lowest BCUT2D eigenvalue weighted by atomic mass is 9.96. The highest BCUT2D eigenvalue weighted by Crippen LogP contribution is 2.28. The van der Waals surface area contributed by atoms with Crippen LogP contribution in [0.2, 0.25) is 0 Å². The van der Waals surface area contributed by atoms with Gasteiger partial charge in [0.2, 0.25) is 0 Å². The number of nitrogens with zero attached hydrogens (tertiary/aromatic N) is 4. The van der Waals surface area contributed by atoms with Gasteiger partial charge < -0.3 is 15.8 Å². The fourth-order valence-corrected chi connectivity index (χ4v) is 4.86. The molecule has 0 unspecified atom stereocenters. The van der Waals surface area contributed by atoms with Crippen molar-refractivity contribution in [3.63, 3.8) is 0 Å².